The molecule has 10 nitrogen and oxygen atoms in total. The zero-order valence-electron chi connectivity index (χ0n) is 25.2. The van der Waals surface area contributed by atoms with Crippen molar-refractivity contribution in [1.82, 2.24) is 14.9 Å². The molecule has 3 N–H and O–H groups in total. The van der Waals surface area contributed by atoms with Crippen molar-refractivity contribution < 1.29 is 14.8 Å². The van der Waals surface area contributed by atoms with Crippen LogP contribution in [0.3, 0.4) is 0 Å². The number of anilines is 2. The number of nitro groups is 1. The number of nitrogens with zero attached hydrogens (tertiary/aromatic N) is 5. The van der Waals surface area contributed by atoms with E-state index >= 15 is 0 Å². The maximum atomic E-state index is 12.2. The van der Waals surface area contributed by atoms with Crippen molar-refractivity contribution in [2.45, 2.75) is 56.5 Å². The first-order chi connectivity index (χ1) is 21.8. The number of carbonyl (C=O) groups is 1. The van der Waals surface area contributed by atoms with E-state index in [9.17, 15) is 20.0 Å². The molecule has 1 aliphatic carbocycles. The van der Waals surface area contributed by atoms with E-state index in [1.165, 1.54) is 29.3 Å². The van der Waals surface area contributed by atoms with E-state index < -0.39 is 16.8 Å². The van der Waals surface area contributed by atoms with Gasteiger partial charge in [0.1, 0.15) is 12.1 Å². The monoisotopic (exact) mass is 604 g/mol. The third-order valence-electron chi connectivity index (χ3n) is 10.1. The summed E-state index contributed by atoms with van der Waals surface area (Å²) in [4.78, 5) is 37.8. The van der Waals surface area contributed by atoms with Gasteiger partial charge in [-0.05, 0) is 72.7 Å². The standard InChI is InChI=1S/C35H36N6O4/c1-22-16-28(27-17-25(41(44)45)10-11-26(27)34(42)43)32-30(22)33(38-21-37-32)40-20-35(31-24(18-36)8-5-9-29(31)40)12-14-39(15-13-35)19-23-6-3-2-4-7-23/h2-11,17,21-22,28H,12-16,18-20,36H2,1H3,(H,42,43)/t22-,28-/m1/s1. The average molecular weight is 605 g/mol. The molecule has 3 heterocycles. The molecule has 2 aliphatic heterocycles. The van der Waals surface area contributed by atoms with Crippen LogP contribution < -0.4 is 10.6 Å². The molecule has 45 heavy (non-hydrogen) atoms. The molecule has 7 rings (SSSR count). The molecule has 1 saturated heterocycles. The second-order valence-electron chi connectivity index (χ2n) is 12.7. The van der Waals surface area contributed by atoms with Gasteiger partial charge >= 0.3 is 5.97 Å². The predicted molar refractivity (Wildman–Crippen MR) is 171 cm³/mol. The number of piperidine rings is 1. The minimum Gasteiger partial charge on any atom is -0.478 e. The van der Waals surface area contributed by atoms with Gasteiger partial charge in [-0.2, -0.15) is 0 Å². The summed E-state index contributed by atoms with van der Waals surface area (Å²) in [5.41, 5.74) is 13.2. The van der Waals surface area contributed by atoms with E-state index in [0.717, 1.165) is 67.3 Å². The Morgan fingerprint density at radius 3 is 2.58 bits per heavy atom. The molecule has 1 spiro atoms. The predicted octanol–water partition coefficient (Wildman–Crippen LogP) is 5.87. The number of hydrogen-bond donors (Lipinski definition) is 2. The number of aromatic carboxylic acids is 1. The summed E-state index contributed by atoms with van der Waals surface area (Å²) >= 11 is 0. The lowest BCUT2D eigenvalue weighted by Gasteiger charge is -2.40. The summed E-state index contributed by atoms with van der Waals surface area (Å²) in [5.74, 6) is -0.655. The number of hydrogen-bond acceptors (Lipinski definition) is 8. The number of fused-ring (bicyclic) bond motifs is 3. The fourth-order valence-electron chi connectivity index (χ4n) is 8.01. The summed E-state index contributed by atoms with van der Waals surface area (Å²) in [5, 5.41) is 21.6. The number of non-ortho nitro benzene ring substituents is 1. The highest BCUT2D eigenvalue weighted by atomic mass is 16.6. The quantitative estimate of drug-likeness (QED) is 0.196. The molecular formula is C35H36N6O4. The van der Waals surface area contributed by atoms with Gasteiger partial charge in [-0.1, -0.05) is 49.4 Å². The highest BCUT2D eigenvalue weighted by Gasteiger charge is 2.48. The first-order valence-corrected chi connectivity index (χ1v) is 15.5. The van der Waals surface area contributed by atoms with Gasteiger partial charge < -0.3 is 15.7 Å². The minimum atomic E-state index is -1.11. The number of benzene rings is 3. The van der Waals surface area contributed by atoms with E-state index in [-0.39, 0.29) is 22.6 Å². The summed E-state index contributed by atoms with van der Waals surface area (Å²) in [6, 6.07) is 20.9. The van der Waals surface area contributed by atoms with Crippen LogP contribution in [0.5, 0.6) is 0 Å². The second-order valence-corrected chi connectivity index (χ2v) is 12.7. The first kappa shape index (κ1) is 29.1. The van der Waals surface area contributed by atoms with Crippen LogP contribution in [0.2, 0.25) is 0 Å². The van der Waals surface area contributed by atoms with Gasteiger partial charge in [0.15, 0.2) is 0 Å². The largest absolute Gasteiger partial charge is 0.478 e. The Morgan fingerprint density at radius 2 is 1.87 bits per heavy atom. The van der Waals surface area contributed by atoms with E-state index in [1.54, 1.807) is 6.33 Å². The van der Waals surface area contributed by atoms with Gasteiger partial charge in [-0.15, -0.1) is 0 Å². The van der Waals surface area contributed by atoms with Crippen molar-refractivity contribution in [3.8, 4) is 0 Å². The SMILES string of the molecule is C[C@@H]1C[C@H](c2cc([N+](=O)[O-])ccc2C(=O)O)c2ncnc(N3CC4(CCN(Cc5ccccc5)CC4)c4c(CN)cccc43)c21. The van der Waals surface area contributed by atoms with Gasteiger partial charge in [0.25, 0.3) is 5.69 Å². The molecule has 0 bridgehead atoms. The lowest BCUT2D eigenvalue weighted by Crippen LogP contribution is -2.44. The maximum Gasteiger partial charge on any atom is 0.335 e. The van der Waals surface area contributed by atoms with Crippen LogP contribution >= 0.6 is 0 Å². The molecule has 0 amide bonds. The van der Waals surface area contributed by atoms with Crippen molar-refractivity contribution in [1.29, 1.82) is 0 Å². The van der Waals surface area contributed by atoms with Crippen molar-refractivity contribution in [3.63, 3.8) is 0 Å². The van der Waals surface area contributed by atoms with Crippen LogP contribution in [-0.2, 0) is 18.5 Å². The number of aromatic nitrogens is 2. The van der Waals surface area contributed by atoms with Crippen molar-refractivity contribution in [3.05, 3.63) is 122 Å². The van der Waals surface area contributed by atoms with Crippen LogP contribution in [0.15, 0.2) is 73.1 Å². The van der Waals surface area contributed by atoms with Gasteiger partial charge in [-0.25, -0.2) is 14.8 Å². The smallest absolute Gasteiger partial charge is 0.335 e. The number of carboxylic acids is 1. The zero-order chi connectivity index (χ0) is 31.3. The number of rotatable bonds is 7. The van der Waals surface area contributed by atoms with Crippen LogP contribution in [0.1, 0.15) is 81.9 Å². The fourth-order valence-corrected chi connectivity index (χ4v) is 8.01. The number of nitro benzene ring substituents is 1. The maximum absolute atomic E-state index is 12.2. The fraction of sp³-hybridized carbons (Fsp3) is 0.343. The Kier molecular flexibility index (Phi) is 7.33. The molecule has 1 aromatic heterocycles. The zero-order valence-corrected chi connectivity index (χ0v) is 25.2. The summed E-state index contributed by atoms with van der Waals surface area (Å²) in [6.45, 7) is 6.22. The lowest BCUT2D eigenvalue weighted by molar-refractivity contribution is -0.384. The average Bonchev–Trinajstić information content (AvgIpc) is 3.57. The Balaban J connectivity index is 1.27. The molecule has 0 radical (unpaired) electrons. The Labute approximate surface area is 261 Å². The summed E-state index contributed by atoms with van der Waals surface area (Å²) in [6.07, 6.45) is 4.14. The minimum absolute atomic E-state index is 0.0209. The third kappa shape index (κ3) is 4.94. The van der Waals surface area contributed by atoms with Crippen LogP contribution in [0, 0.1) is 10.1 Å². The van der Waals surface area contributed by atoms with E-state index in [0.29, 0.717) is 18.5 Å². The summed E-state index contributed by atoms with van der Waals surface area (Å²) in [7, 11) is 0. The second kappa shape index (κ2) is 11.4. The van der Waals surface area contributed by atoms with Crippen molar-refractivity contribution in [2.24, 2.45) is 5.73 Å². The van der Waals surface area contributed by atoms with Crippen molar-refractivity contribution >= 4 is 23.2 Å². The van der Waals surface area contributed by atoms with E-state index in [4.69, 9.17) is 15.7 Å². The molecule has 10 heteroatoms. The molecule has 3 aromatic carbocycles. The van der Waals surface area contributed by atoms with Crippen LogP contribution in [0.25, 0.3) is 0 Å². The first-order valence-electron chi connectivity index (χ1n) is 15.5. The number of nitrogens with two attached hydrogens (primary N) is 1. The number of carboxylic acid groups (broad SMARTS) is 1. The van der Waals surface area contributed by atoms with Gasteiger partial charge in [0.05, 0.1) is 16.2 Å². The molecule has 0 saturated carbocycles. The molecular weight excluding hydrogens is 568 g/mol. The van der Waals surface area contributed by atoms with Gasteiger partial charge in [0, 0.05) is 54.4 Å². The van der Waals surface area contributed by atoms with Crippen molar-refractivity contribution in [2.75, 3.05) is 24.5 Å². The molecule has 3 aliphatic rings. The normalized spacial score (nSPS) is 20.3. The molecule has 2 atom stereocenters. The molecule has 1 fully saturated rings. The lowest BCUT2D eigenvalue weighted by atomic mass is 9.72. The topological polar surface area (TPSA) is 139 Å². The Hall–Kier alpha value is -4.67. The van der Waals surface area contributed by atoms with Gasteiger partial charge in [0.2, 0.25) is 0 Å². The van der Waals surface area contributed by atoms with Crippen LogP contribution in [-0.4, -0.2) is 50.5 Å². The third-order valence-corrected chi connectivity index (χ3v) is 10.1. The van der Waals surface area contributed by atoms with Crippen LogP contribution in [0.4, 0.5) is 17.2 Å². The molecule has 4 aromatic rings. The summed E-state index contributed by atoms with van der Waals surface area (Å²) < 4.78 is 0. The van der Waals surface area contributed by atoms with E-state index in [1.807, 2.05) is 0 Å². The molecule has 0 unspecified atom stereocenters. The highest BCUT2D eigenvalue weighted by molar-refractivity contribution is 5.90. The molecule has 230 valence electrons. The van der Waals surface area contributed by atoms with E-state index in [2.05, 4.69) is 65.3 Å². The Morgan fingerprint density at radius 1 is 1.09 bits per heavy atom. The number of likely N-dealkylation sites (tertiary alicyclic amines) is 1. The highest BCUT2D eigenvalue weighted by Crippen LogP contribution is 2.54. The Bertz CT molecular complexity index is 1790. The van der Waals surface area contributed by atoms with Gasteiger partial charge in [-0.3, -0.25) is 15.0 Å².